The number of hydrogen-bond acceptors (Lipinski definition) is 5. The summed E-state index contributed by atoms with van der Waals surface area (Å²) in [6.07, 6.45) is 10.6. The highest BCUT2D eigenvalue weighted by atomic mass is 16.2. The highest BCUT2D eigenvalue weighted by Gasteiger charge is 2.07. The van der Waals surface area contributed by atoms with Gasteiger partial charge in [0.15, 0.2) is 0 Å². The highest BCUT2D eigenvalue weighted by molar-refractivity contribution is 6.14. The molecule has 38 heavy (non-hydrogen) atoms. The van der Waals surface area contributed by atoms with E-state index >= 15 is 0 Å². The molecule has 0 unspecified atom stereocenters. The second kappa shape index (κ2) is 12.0. The van der Waals surface area contributed by atoms with Gasteiger partial charge in [-0.1, -0.05) is 60.7 Å². The van der Waals surface area contributed by atoms with Gasteiger partial charge in [-0.25, -0.2) is 10.9 Å². The van der Waals surface area contributed by atoms with Gasteiger partial charge < -0.3 is 5.32 Å². The first kappa shape index (κ1) is 24.9. The van der Waals surface area contributed by atoms with Crippen molar-refractivity contribution < 1.29 is 9.59 Å². The van der Waals surface area contributed by atoms with Gasteiger partial charge in [-0.05, 0) is 63.7 Å². The maximum Gasteiger partial charge on any atom is 0.271 e. The van der Waals surface area contributed by atoms with Crippen molar-refractivity contribution in [3.63, 3.8) is 0 Å². The van der Waals surface area contributed by atoms with Gasteiger partial charge in [-0.2, -0.15) is 10.2 Å². The summed E-state index contributed by atoms with van der Waals surface area (Å²) in [4.78, 5) is 24.7. The number of nitrogens with zero attached hydrogens (tertiary/aromatic N) is 2. The quantitative estimate of drug-likeness (QED) is 0.323. The van der Waals surface area contributed by atoms with Gasteiger partial charge >= 0.3 is 0 Å². The predicted molar refractivity (Wildman–Crippen MR) is 153 cm³/mol. The molecule has 0 aromatic heterocycles. The van der Waals surface area contributed by atoms with Crippen molar-refractivity contribution in [1.82, 2.24) is 10.9 Å². The van der Waals surface area contributed by atoms with E-state index in [9.17, 15) is 9.59 Å². The Morgan fingerprint density at radius 3 is 1.84 bits per heavy atom. The van der Waals surface area contributed by atoms with Crippen molar-refractivity contribution in [3.8, 4) is 0 Å². The summed E-state index contributed by atoms with van der Waals surface area (Å²) in [5, 5.41) is 16.4. The molecule has 7 nitrogen and oxygen atoms in total. The van der Waals surface area contributed by atoms with E-state index in [1.807, 2.05) is 60.7 Å². The Labute approximate surface area is 220 Å². The zero-order valence-electron chi connectivity index (χ0n) is 21.0. The zero-order chi connectivity index (χ0) is 26.2. The Bertz CT molecular complexity index is 1650. The van der Waals surface area contributed by atoms with Crippen molar-refractivity contribution in [3.05, 3.63) is 99.2 Å². The number of hydrazone groups is 2. The van der Waals surface area contributed by atoms with Crippen molar-refractivity contribution in [2.75, 3.05) is 11.9 Å². The smallest absolute Gasteiger partial charge is 0.271 e. The maximum atomic E-state index is 12.5. The van der Waals surface area contributed by atoms with E-state index in [1.165, 1.54) is 10.4 Å². The van der Waals surface area contributed by atoms with Crippen LogP contribution >= 0.6 is 0 Å². The molecule has 7 heteroatoms. The third-order valence-corrected chi connectivity index (χ3v) is 6.38. The van der Waals surface area contributed by atoms with Gasteiger partial charge in [-0.3, -0.25) is 9.59 Å². The molecule has 5 rings (SSSR count). The Kier molecular flexibility index (Phi) is 7.84. The molecular weight excluding hydrogens is 474 g/mol. The Morgan fingerprint density at radius 2 is 1.24 bits per heavy atom. The van der Waals surface area contributed by atoms with E-state index in [4.69, 9.17) is 0 Å². The summed E-state index contributed by atoms with van der Waals surface area (Å²) in [5.41, 5.74) is 8.35. The fraction of sp³-hybridized carbons (Fsp3) is 0.161. The van der Waals surface area contributed by atoms with E-state index in [0.29, 0.717) is 37.8 Å². The molecule has 0 saturated heterocycles. The summed E-state index contributed by atoms with van der Waals surface area (Å²) in [6.45, 7) is 0.629. The molecule has 0 aliphatic heterocycles. The molecule has 3 aromatic carbocycles. The lowest BCUT2D eigenvalue weighted by Gasteiger charge is -2.08. The number of carbonyl (C=O) groups excluding carboxylic acids is 2. The molecule has 3 aromatic rings. The third kappa shape index (κ3) is 6.50. The summed E-state index contributed by atoms with van der Waals surface area (Å²) >= 11 is 0. The Balaban J connectivity index is 1.04. The minimum atomic E-state index is -0.258. The van der Waals surface area contributed by atoms with Crippen molar-refractivity contribution in [1.29, 1.82) is 0 Å². The molecule has 0 spiro atoms. The van der Waals surface area contributed by atoms with Gasteiger partial charge in [0, 0.05) is 37.1 Å². The van der Waals surface area contributed by atoms with Crippen LogP contribution in [0.4, 0.5) is 5.69 Å². The van der Waals surface area contributed by atoms with Crippen LogP contribution in [-0.2, 0) is 4.79 Å². The Morgan fingerprint density at radius 1 is 0.684 bits per heavy atom. The topological polar surface area (TPSA) is 95.0 Å². The average molecular weight is 504 g/mol. The van der Waals surface area contributed by atoms with Crippen LogP contribution < -0.4 is 37.0 Å². The summed E-state index contributed by atoms with van der Waals surface area (Å²) < 4.78 is 0. The van der Waals surface area contributed by atoms with E-state index in [0.717, 1.165) is 27.5 Å². The van der Waals surface area contributed by atoms with Crippen LogP contribution in [0, 0.1) is 0 Å². The first-order valence-electron chi connectivity index (χ1n) is 12.7. The lowest BCUT2D eigenvalue weighted by molar-refractivity contribution is -0.121. The van der Waals surface area contributed by atoms with Crippen LogP contribution in [0.2, 0.25) is 0 Å². The van der Waals surface area contributed by atoms with Gasteiger partial charge in [0.1, 0.15) is 0 Å². The van der Waals surface area contributed by atoms with Gasteiger partial charge in [0.05, 0.1) is 11.4 Å². The van der Waals surface area contributed by atoms with Crippen molar-refractivity contribution in [2.24, 2.45) is 10.2 Å². The largest absolute Gasteiger partial charge is 0.385 e. The first-order chi connectivity index (χ1) is 18.6. The van der Waals surface area contributed by atoms with E-state index in [1.54, 1.807) is 12.1 Å². The van der Waals surface area contributed by atoms with E-state index in [2.05, 4.69) is 50.7 Å². The minimum Gasteiger partial charge on any atom is -0.385 e. The lowest BCUT2D eigenvalue weighted by Crippen LogP contribution is -2.29. The van der Waals surface area contributed by atoms with Crippen LogP contribution in [0.25, 0.3) is 24.3 Å². The van der Waals surface area contributed by atoms with E-state index in [-0.39, 0.29) is 11.8 Å². The monoisotopic (exact) mass is 503 g/mol. The number of carbonyl (C=O) groups is 2. The molecule has 190 valence electrons. The number of rotatable bonds is 8. The predicted octanol–water partition coefficient (Wildman–Crippen LogP) is 1.77. The number of benzene rings is 3. The van der Waals surface area contributed by atoms with Crippen LogP contribution in [0.5, 0.6) is 0 Å². The van der Waals surface area contributed by atoms with Gasteiger partial charge in [0.25, 0.3) is 5.91 Å². The molecule has 0 atom stereocenters. The maximum absolute atomic E-state index is 12.5. The van der Waals surface area contributed by atoms with Crippen LogP contribution in [0.1, 0.15) is 36.0 Å². The SMILES string of the molecule is O=C(CCCNc1ccc(C(=O)NN=C2C=c3ccccc3=CC2)cc1)NN=C1C=c2ccccc2=CC1. The second-order valence-electron chi connectivity index (χ2n) is 9.15. The standard InChI is InChI=1S/C31H29N5O2/c37-30(35-33-28-17-11-22-6-1-3-8-25(22)20-28)10-5-19-32-27-15-13-24(14-16-27)31(38)36-34-29-18-12-23-7-2-4-9-26(23)21-29/h1-4,6-9,11-16,20-21,32H,5,10,17-19H2,(H,35,37)(H,36,38). The normalized spacial score (nSPS) is 15.6. The van der Waals surface area contributed by atoms with Gasteiger partial charge in [0.2, 0.25) is 5.91 Å². The molecular formula is C31H29N5O2. The lowest BCUT2D eigenvalue weighted by atomic mass is 10.1. The summed E-state index contributed by atoms with van der Waals surface area (Å²) in [5.74, 6) is -0.373. The number of nitrogens with one attached hydrogen (secondary N) is 3. The fourth-order valence-electron chi connectivity index (χ4n) is 4.32. The molecule has 3 N–H and O–H groups in total. The van der Waals surface area contributed by atoms with Gasteiger partial charge in [-0.15, -0.1) is 0 Å². The average Bonchev–Trinajstić information content (AvgIpc) is 2.97. The first-order valence-corrected chi connectivity index (χ1v) is 12.7. The summed E-state index contributed by atoms with van der Waals surface area (Å²) in [6, 6.07) is 23.4. The van der Waals surface area contributed by atoms with Crippen LogP contribution in [0.3, 0.4) is 0 Å². The molecule has 2 amide bonds. The van der Waals surface area contributed by atoms with Crippen LogP contribution in [-0.4, -0.2) is 29.8 Å². The number of amides is 2. The van der Waals surface area contributed by atoms with Crippen molar-refractivity contribution in [2.45, 2.75) is 25.7 Å². The third-order valence-electron chi connectivity index (χ3n) is 6.38. The number of fused-ring (bicyclic) bond motifs is 2. The summed E-state index contributed by atoms with van der Waals surface area (Å²) in [7, 11) is 0. The molecule has 0 fully saturated rings. The molecule has 2 aliphatic carbocycles. The number of anilines is 1. The molecule has 2 aliphatic rings. The van der Waals surface area contributed by atoms with E-state index < -0.39 is 0 Å². The number of hydrogen-bond donors (Lipinski definition) is 3. The fourth-order valence-corrected chi connectivity index (χ4v) is 4.32. The van der Waals surface area contributed by atoms with Crippen LogP contribution in [0.15, 0.2) is 83.0 Å². The molecule has 0 heterocycles. The molecule has 0 radical (unpaired) electrons. The highest BCUT2D eigenvalue weighted by Crippen LogP contribution is 2.10. The second-order valence-corrected chi connectivity index (χ2v) is 9.15. The molecule has 0 saturated carbocycles. The van der Waals surface area contributed by atoms with Crippen molar-refractivity contribution >= 4 is 53.2 Å². The zero-order valence-corrected chi connectivity index (χ0v) is 21.0. The minimum absolute atomic E-state index is 0.114. The Hall–Kier alpha value is -4.78. The molecule has 0 bridgehead atoms.